The minimum absolute atomic E-state index is 0.0989. The molecule has 1 unspecified atom stereocenters. The van der Waals surface area contributed by atoms with Gasteiger partial charge in [0.25, 0.3) is 11.7 Å². The number of pyridine rings is 2. The van der Waals surface area contributed by atoms with Gasteiger partial charge in [0.2, 0.25) is 0 Å². The van der Waals surface area contributed by atoms with E-state index in [2.05, 4.69) is 9.97 Å². The molecule has 1 saturated heterocycles. The lowest BCUT2D eigenvalue weighted by atomic mass is 9.98. The minimum atomic E-state index is -0.984. The third kappa shape index (κ3) is 2.79. The van der Waals surface area contributed by atoms with Crippen LogP contribution in [0.2, 0.25) is 0 Å². The maximum absolute atomic E-state index is 12.9. The summed E-state index contributed by atoms with van der Waals surface area (Å²) in [6.45, 7) is 0. The molecule has 7 heteroatoms. The molecular formula is C21H15N3O4. The zero-order valence-corrected chi connectivity index (χ0v) is 14.6. The number of anilines is 1. The van der Waals surface area contributed by atoms with E-state index in [0.29, 0.717) is 11.3 Å². The lowest BCUT2D eigenvalue weighted by Gasteiger charge is -2.25. The van der Waals surface area contributed by atoms with Crippen LogP contribution in [0.5, 0.6) is 5.75 Å². The Morgan fingerprint density at radius 2 is 1.64 bits per heavy atom. The number of aliphatic hydroxyl groups excluding tert-OH is 1. The van der Waals surface area contributed by atoms with Crippen LogP contribution in [0.15, 0.2) is 78.8 Å². The van der Waals surface area contributed by atoms with Crippen molar-refractivity contribution < 1.29 is 19.8 Å². The molecule has 4 rings (SSSR count). The second-order valence-electron chi connectivity index (χ2n) is 6.15. The minimum Gasteiger partial charge on any atom is -0.507 e. The second-order valence-corrected chi connectivity index (χ2v) is 6.15. The van der Waals surface area contributed by atoms with Gasteiger partial charge in [-0.2, -0.15) is 0 Å². The van der Waals surface area contributed by atoms with Gasteiger partial charge in [-0.05, 0) is 36.4 Å². The van der Waals surface area contributed by atoms with Crippen molar-refractivity contribution in [1.82, 2.24) is 9.97 Å². The number of aliphatic hydroxyl groups is 1. The number of ketones is 1. The van der Waals surface area contributed by atoms with Crippen LogP contribution in [0.25, 0.3) is 5.76 Å². The molecule has 3 heterocycles. The van der Waals surface area contributed by atoms with Crippen molar-refractivity contribution in [3.63, 3.8) is 0 Å². The van der Waals surface area contributed by atoms with Gasteiger partial charge in [-0.3, -0.25) is 24.5 Å². The molecule has 1 atom stereocenters. The maximum atomic E-state index is 12.9. The van der Waals surface area contributed by atoms with Crippen molar-refractivity contribution in [3.8, 4) is 5.75 Å². The first-order valence-corrected chi connectivity index (χ1v) is 8.50. The number of aromatic hydroxyl groups is 1. The molecule has 1 aliphatic rings. The number of carbonyl (C=O) groups excluding carboxylic acids is 2. The molecule has 0 radical (unpaired) electrons. The summed E-state index contributed by atoms with van der Waals surface area (Å²) >= 11 is 0. The van der Waals surface area contributed by atoms with Crippen molar-refractivity contribution >= 4 is 23.1 Å². The predicted molar refractivity (Wildman–Crippen MR) is 101 cm³/mol. The van der Waals surface area contributed by atoms with Gasteiger partial charge in [-0.25, -0.2) is 0 Å². The number of amides is 1. The van der Waals surface area contributed by atoms with Crippen LogP contribution >= 0.6 is 0 Å². The number of benzene rings is 1. The van der Waals surface area contributed by atoms with E-state index in [0.717, 1.165) is 4.90 Å². The largest absolute Gasteiger partial charge is 0.507 e. The Morgan fingerprint density at radius 3 is 2.32 bits per heavy atom. The fourth-order valence-electron chi connectivity index (χ4n) is 3.23. The van der Waals surface area contributed by atoms with Gasteiger partial charge >= 0.3 is 0 Å². The summed E-state index contributed by atoms with van der Waals surface area (Å²) in [4.78, 5) is 35.1. The highest BCUT2D eigenvalue weighted by molar-refractivity contribution is 6.51. The molecule has 0 spiro atoms. The molecule has 28 heavy (non-hydrogen) atoms. The predicted octanol–water partition coefficient (Wildman–Crippen LogP) is 2.81. The summed E-state index contributed by atoms with van der Waals surface area (Å²) in [5.74, 6) is -2.19. The lowest BCUT2D eigenvalue weighted by Crippen LogP contribution is -2.29. The first kappa shape index (κ1) is 17.4. The Morgan fingerprint density at radius 1 is 0.929 bits per heavy atom. The number of hydrogen-bond donors (Lipinski definition) is 2. The van der Waals surface area contributed by atoms with E-state index < -0.39 is 17.7 Å². The van der Waals surface area contributed by atoms with Crippen molar-refractivity contribution in [1.29, 1.82) is 0 Å². The monoisotopic (exact) mass is 373 g/mol. The Balaban J connectivity index is 1.97. The van der Waals surface area contributed by atoms with Crippen LogP contribution in [0.1, 0.15) is 17.3 Å². The van der Waals surface area contributed by atoms with Gasteiger partial charge in [0, 0.05) is 24.2 Å². The summed E-state index contributed by atoms with van der Waals surface area (Å²) in [6, 6.07) is 13.4. The van der Waals surface area contributed by atoms with E-state index in [1.165, 1.54) is 42.9 Å². The third-order valence-electron chi connectivity index (χ3n) is 4.51. The van der Waals surface area contributed by atoms with E-state index in [1.54, 1.807) is 30.3 Å². The SMILES string of the molecule is O=C1C(=O)N(c2ccccc2O)C(c2ccccn2)/C1=C(/O)c1ccncc1. The first-order chi connectivity index (χ1) is 13.6. The number of Topliss-reactive ketones (excluding diaryl/α,β-unsaturated/α-hetero) is 1. The summed E-state index contributed by atoms with van der Waals surface area (Å²) < 4.78 is 0. The molecule has 1 aromatic carbocycles. The standard InChI is InChI=1S/C21H15N3O4/c25-16-7-2-1-6-15(16)24-18(14-5-3-4-10-23-14)17(20(27)21(24)28)19(26)13-8-11-22-12-9-13/h1-12,18,25-26H/b19-17-. The lowest BCUT2D eigenvalue weighted by molar-refractivity contribution is -0.132. The van der Waals surface area contributed by atoms with Crippen molar-refractivity contribution in [2.45, 2.75) is 6.04 Å². The molecule has 7 nitrogen and oxygen atoms in total. The Kier molecular flexibility index (Phi) is 4.33. The molecule has 2 N–H and O–H groups in total. The molecule has 1 amide bonds. The number of phenolic OH excluding ortho intramolecular Hbond substituents is 1. The number of carbonyl (C=O) groups is 2. The molecule has 0 aliphatic carbocycles. The fourth-order valence-corrected chi connectivity index (χ4v) is 3.23. The van der Waals surface area contributed by atoms with Crippen LogP contribution in [-0.2, 0) is 9.59 Å². The summed E-state index contributed by atoms with van der Waals surface area (Å²) in [5.41, 5.74) is 0.805. The van der Waals surface area contributed by atoms with Crippen LogP contribution in [0, 0.1) is 0 Å². The van der Waals surface area contributed by atoms with E-state index >= 15 is 0 Å². The molecule has 138 valence electrons. The van der Waals surface area contributed by atoms with Gasteiger partial charge in [0.1, 0.15) is 17.6 Å². The zero-order chi connectivity index (χ0) is 19.7. The number of nitrogens with zero attached hydrogens (tertiary/aromatic N) is 3. The molecule has 1 aliphatic heterocycles. The van der Waals surface area contributed by atoms with E-state index in [-0.39, 0.29) is 22.8 Å². The average Bonchev–Trinajstić information content (AvgIpc) is 3.00. The number of hydrogen-bond acceptors (Lipinski definition) is 6. The average molecular weight is 373 g/mol. The highest BCUT2D eigenvalue weighted by atomic mass is 16.3. The van der Waals surface area contributed by atoms with Crippen molar-refractivity contribution in [2.75, 3.05) is 4.90 Å². The highest BCUT2D eigenvalue weighted by Crippen LogP contribution is 2.43. The Bertz CT molecular complexity index is 1080. The van der Waals surface area contributed by atoms with Crippen LogP contribution in [0.3, 0.4) is 0 Å². The smallest absolute Gasteiger partial charge is 0.300 e. The quantitative estimate of drug-likeness (QED) is 0.416. The van der Waals surface area contributed by atoms with Gasteiger partial charge in [0.15, 0.2) is 0 Å². The molecule has 2 aromatic heterocycles. The van der Waals surface area contributed by atoms with E-state index in [9.17, 15) is 19.8 Å². The van der Waals surface area contributed by atoms with Crippen LogP contribution in [-0.4, -0.2) is 31.9 Å². The second kappa shape index (κ2) is 6.96. The number of para-hydroxylation sites is 2. The van der Waals surface area contributed by atoms with Gasteiger partial charge < -0.3 is 10.2 Å². The van der Waals surface area contributed by atoms with E-state index in [1.807, 2.05) is 0 Å². The van der Waals surface area contributed by atoms with Gasteiger partial charge in [-0.1, -0.05) is 18.2 Å². The maximum Gasteiger partial charge on any atom is 0.300 e. The number of aromatic nitrogens is 2. The van der Waals surface area contributed by atoms with Crippen molar-refractivity contribution in [3.05, 3.63) is 90.0 Å². The Labute approximate surface area is 160 Å². The summed E-state index contributed by atoms with van der Waals surface area (Å²) in [6.07, 6.45) is 4.49. The molecule has 3 aromatic rings. The molecule has 0 saturated carbocycles. The Hall–Kier alpha value is -4.00. The zero-order valence-electron chi connectivity index (χ0n) is 14.6. The summed E-state index contributed by atoms with van der Waals surface area (Å²) in [5, 5.41) is 21.1. The van der Waals surface area contributed by atoms with Crippen LogP contribution in [0.4, 0.5) is 5.69 Å². The van der Waals surface area contributed by atoms with Crippen molar-refractivity contribution in [2.24, 2.45) is 0 Å². The summed E-state index contributed by atoms with van der Waals surface area (Å²) in [7, 11) is 0. The van der Waals surface area contributed by atoms with E-state index in [4.69, 9.17) is 0 Å². The fraction of sp³-hybridized carbons (Fsp3) is 0.0476. The normalized spacial score (nSPS) is 18.4. The van der Waals surface area contributed by atoms with Crippen LogP contribution < -0.4 is 4.90 Å². The van der Waals surface area contributed by atoms with Gasteiger partial charge in [0.05, 0.1) is 17.0 Å². The first-order valence-electron chi connectivity index (χ1n) is 8.50. The molecule has 1 fully saturated rings. The third-order valence-corrected chi connectivity index (χ3v) is 4.51. The number of phenols is 1. The highest BCUT2D eigenvalue weighted by Gasteiger charge is 2.48. The van der Waals surface area contributed by atoms with Gasteiger partial charge in [-0.15, -0.1) is 0 Å². The molecular weight excluding hydrogens is 358 g/mol. The number of rotatable bonds is 3. The molecule has 0 bridgehead atoms. The topological polar surface area (TPSA) is 104 Å².